The third-order valence-electron chi connectivity index (χ3n) is 2.23. The Kier molecular flexibility index (Phi) is 4.82. The zero-order valence-corrected chi connectivity index (χ0v) is 10.5. The number of rotatable bonds is 5. The van der Waals surface area contributed by atoms with Crippen molar-refractivity contribution in [2.24, 2.45) is 5.92 Å². The van der Waals surface area contributed by atoms with Crippen LogP contribution in [0.5, 0.6) is 0 Å². The second-order valence-electron chi connectivity index (χ2n) is 3.61. The molecule has 0 radical (unpaired) electrons. The van der Waals surface area contributed by atoms with E-state index in [1.165, 1.54) is 0 Å². The first kappa shape index (κ1) is 13.5. The van der Waals surface area contributed by atoms with E-state index in [1.807, 2.05) is 0 Å². The van der Waals surface area contributed by atoms with Gasteiger partial charge in [0.05, 0.1) is 6.61 Å². The molecule has 1 rings (SSSR count). The summed E-state index contributed by atoms with van der Waals surface area (Å²) in [6.45, 7) is 2.00. The first-order valence-corrected chi connectivity index (χ1v) is 6.93. The molecule has 0 heterocycles. The maximum Gasteiger partial charge on any atom is 0.421 e. The van der Waals surface area contributed by atoms with Crippen LogP contribution in [0.25, 0.3) is 0 Å². The van der Waals surface area contributed by atoms with Gasteiger partial charge in [-0.05, 0) is 25.7 Å². The lowest BCUT2D eigenvalue weighted by atomic mass is 9.85. The number of amides is 1. The third-order valence-corrected chi connectivity index (χ3v) is 3.57. The fourth-order valence-corrected chi connectivity index (χ4v) is 2.66. The Balaban J connectivity index is 2.26. The lowest BCUT2D eigenvalue weighted by molar-refractivity contribution is 0.158. The van der Waals surface area contributed by atoms with Crippen molar-refractivity contribution in [3.63, 3.8) is 0 Å². The minimum absolute atomic E-state index is 0.123. The SMILES string of the molecule is CCOC(=O)NS(=O)(=O)NCC1CC(Cl)C1. The molecule has 0 bridgehead atoms. The van der Waals surface area contributed by atoms with E-state index >= 15 is 0 Å². The van der Waals surface area contributed by atoms with Gasteiger partial charge in [-0.15, -0.1) is 11.6 Å². The van der Waals surface area contributed by atoms with Gasteiger partial charge in [-0.1, -0.05) is 0 Å². The molecule has 0 aromatic rings. The predicted molar refractivity (Wildman–Crippen MR) is 59.4 cm³/mol. The summed E-state index contributed by atoms with van der Waals surface area (Å²) in [7, 11) is -3.81. The monoisotopic (exact) mass is 270 g/mol. The van der Waals surface area contributed by atoms with E-state index in [-0.39, 0.29) is 24.4 Å². The molecule has 6 nitrogen and oxygen atoms in total. The molecule has 0 aliphatic heterocycles. The molecule has 1 aliphatic carbocycles. The number of hydrogen-bond donors (Lipinski definition) is 2. The second kappa shape index (κ2) is 5.70. The molecule has 0 spiro atoms. The quantitative estimate of drug-likeness (QED) is 0.716. The van der Waals surface area contributed by atoms with Gasteiger partial charge in [0.1, 0.15) is 0 Å². The van der Waals surface area contributed by atoms with E-state index in [0.29, 0.717) is 0 Å². The van der Waals surface area contributed by atoms with Crippen LogP contribution in [0, 0.1) is 5.92 Å². The number of nitrogens with one attached hydrogen (secondary N) is 2. The predicted octanol–water partition coefficient (Wildman–Crippen LogP) is 0.584. The minimum atomic E-state index is -3.81. The molecule has 1 fully saturated rings. The lowest BCUT2D eigenvalue weighted by Gasteiger charge is -2.30. The molecular weight excluding hydrogens is 256 g/mol. The molecule has 0 unspecified atom stereocenters. The van der Waals surface area contributed by atoms with Crippen molar-refractivity contribution in [2.45, 2.75) is 25.1 Å². The molecule has 0 saturated heterocycles. The van der Waals surface area contributed by atoms with Gasteiger partial charge in [0, 0.05) is 11.9 Å². The Morgan fingerprint density at radius 3 is 2.62 bits per heavy atom. The highest BCUT2D eigenvalue weighted by atomic mass is 35.5. The van der Waals surface area contributed by atoms with Crippen LogP contribution < -0.4 is 9.44 Å². The Hall–Kier alpha value is -0.530. The number of alkyl halides is 1. The highest BCUT2D eigenvalue weighted by molar-refractivity contribution is 7.88. The molecule has 94 valence electrons. The van der Waals surface area contributed by atoms with Crippen molar-refractivity contribution < 1.29 is 17.9 Å². The first-order chi connectivity index (χ1) is 7.43. The normalized spacial score (nSPS) is 24.6. The number of halogens is 1. The molecule has 0 aromatic heterocycles. The summed E-state index contributed by atoms with van der Waals surface area (Å²) in [6, 6.07) is 0. The molecular formula is C8H15ClN2O4S. The van der Waals surface area contributed by atoms with Crippen LogP contribution in [0.2, 0.25) is 0 Å². The highest BCUT2D eigenvalue weighted by Crippen LogP contribution is 2.31. The number of ether oxygens (including phenoxy) is 1. The Morgan fingerprint density at radius 1 is 1.50 bits per heavy atom. The molecule has 1 amide bonds. The van der Waals surface area contributed by atoms with Crippen molar-refractivity contribution >= 4 is 27.9 Å². The number of carbonyl (C=O) groups is 1. The summed E-state index contributed by atoms with van der Waals surface area (Å²) in [5.74, 6) is 0.251. The van der Waals surface area contributed by atoms with Crippen LogP contribution in [0.1, 0.15) is 19.8 Å². The van der Waals surface area contributed by atoms with Gasteiger partial charge >= 0.3 is 16.3 Å². The maximum atomic E-state index is 11.3. The maximum absolute atomic E-state index is 11.3. The fourth-order valence-electron chi connectivity index (χ4n) is 1.35. The zero-order valence-electron chi connectivity index (χ0n) is 8.90. The van der Waals surface area contributed by atoms with E-state index in [9.17, 15) is 13.2 Å². The summed E-state index contributed by atoms with van der Waals surface area (Å²) >= 11 is 5.75. The topological polar surface area (TPSA) is 84.5 Å². The summed E-state index contributed by atoms with van der Waals surface area (Å²) in [4.78, 5) is 10.9. The lowest BCUT2D eigenvalue weighted by Crippen LogP contribution is -2.44. The number of hydrogen-bond acceptors (Lipinski definition) is 4. The average Bonchev–Trinajstić information content (AvgIpc) is 2.10. The van der Waals surface area contributed by atoms with Crippen molar-refractivity contribution in [2.75, 3.05) is 13.2 Å². The van der Waals surface area contributed by atoms with Crippen molar-refractivity contribution in [3.8, 4) is 0 Å². The second-order valence-corrected chi connectivity index (χ2v) is 5.73. The minimum Gasteiger partial charge on any atom is -0.449 e. The van der Waals surface area contributed by atoms with Crippen molar-refractivity contribution in [3.05, 3.63) is 0 Å². The van der Waals surface area contributed by atoms with Gasteiger partial charge in [0.15, 0.2) is 0 Å². The van der Waals surface area contributed by atoms with E-state index in [2.05, 4.69) is 9.46 Å². The molecule has 1 aliphatic rings. The Bertz CT molecular complexity index is 340. The molecule has 8 heteroatoms. The molecule has 2 N–H and O–H groups in total. The fraction of sp³-hybridized carbons (Fsp3) is 0.875. The average molecular weight is 271 g/mol. The van der Waals surface area contributed by atoms with E-state index in [0.717, 1.165) is 12.8 Å². The van der Waals surface area contributed by atoms with Gasteiger partial charge in [0.2, 0.25) is 0 Å². The van der Waals surface area contributed by atoms with Crippen molar-refractivity contribution in [1.82, 2.24) is 9.44 Å². The summed E-state index contributed by atoms with van der Waals surface area (Å²) in [5, 5.41) is 0.146. The third kappa shape index (κ3) is 4.54. The summed E-state index contributed by atoms with van der Waals surface area (Å²) < 4.78 is 31.0. The first-order valence-electron chi connectivity index (χ1n) is 5.01. The van der Waals surface area contributed by atoms with Gasteiger partial charge in [0.25, 0.3) is 0 Å². The van der Waals surface area contributed by atoms with Crippen LogP contribution in [-0.4, -0.2) is 33.0 Å². The van der Waals surface area contributed by atoms with Crippen LogP contribution >= 0.6 is 11.6 Å². The Labute approximate surface area is 99.9 Å². The van der Waals surface area contributed by atoms with Crippen molar-refractivity contribution in [1.29, 1.82) is 0 Å². The van der Waals surface area contributed by atoms with Gasteiger partial charge in [-0.2, -0.15) is 13.1 Å². The largest absolute Gasteiger partial charge is 0.449 e. The summed E-state index contributed by atoms with van der Waals surface area (Å²) in [5.41, 5.74) is 0. The van der Waals surface area contributed by atoms with Crippen LogP contribution in [0.3, 0.4) is 0 Å². The van der Waals surface area contributed by atoms with Gasteiger partial charge in [-0.25, -0.2) is 9.52 Å². The molecule has 1 saturated carbocycles. The molecule has 0 atom stereocenters. The zero-order chi connectivity index (χ0) is 12.2. The smallest absolute Gasteiger partial charge is 0.421 e. The number of carbonyl (C=O) groups excluding carboxylic acids is 1. The van der Waals surface area contributed by atoms with Crippen LogP contribution in [0.15, 0.2) is 0 Å². The van der Waals surface area contributed by atoms with E-state index in [4.69, 9.17) is 11.6 Å². The Morgan fingerprint density at radius 2 is 2.12 bits per heavy atom. The molecule has 16 heavy (non-hydrogen) atoms. The highest BCUT2D eigenvalue weighted by Gasteiger charge is 2.28. The standard InChI is InChI=1S/C8H15ClN2O4S/c1-2-15-8(12)11-16(13,14)10-5-6-3-7(9)4-6/h6-7,10H,2-5H2,1H3,(H,11,12). The molecule has 0 aromatic carbocycles. The van der Waals surface area contributed by atoms with Gasteiger partial charge in [-0.3, -0.25) is 0 Å². The van der Waals surface area contributed by atoms with E-state index < -0.39 is 16.3 Å². The van der Waals surface area contributed by atoms with E-state index in [1.54, 1.807) is 11.6 Å². The summed E-state index contributed by atoms with van der Waals surface area (Å²) in [6.07, 6.45) is 0.617. The van der Waals surface area contributed by atoms with Gasteiger partial charge < -0.3 is 4.74 Å². The van der Waals surface area contributed by atoms with Crippen LogP contribution in [0.4, 0.5) is 4.79 Å². The van der Waals surface area contributed by atoms with Crippen LogP contribution in [-0.2, 0) is 14.9 Å².